The van der Waals surface area contributed by atoms with Crippen molar-refractivity contribution in [2.45, 2.75) is 215 Å². The Hall–Kier alpha value is -1.40. The second-order valence-corrected chi connectivity index (χ2v) is 19.7. The molecule has 21 heterocycles. The first kappa shape index (κ1) is 61.7. The van der Waals surface area contributed by atoms with Crippen molar-refractivity contribution in [3.63, 3.8) is 0 Å². The molecule has 35 nitrogen and oxygen atoms in total. The van der Waals surface area contributed by atoms with Gasteiger partial charge in [0.1, 0.15) is 171 Å². The molecular formula is C42H70O35. The van der Waals surface area contributed by atoms with E-state index in [1.165, 1.54) is 0 Å². The van der Waals surface area contributed by atoms with Crippen molar-refractivity contribution in [2.75, 3.05) is 46.2 Å². The molecule has 0 aromatic rings. The fraction of sp³-hybridized carbons (Fsp3) is 1.00. The maximum Gasteiger partial charge on any atom is 0.187 e. The van der Waals surface area contributed by atoms with E-state index < -0.39 is 261 Å². The molecule has 21 aliphatic rings. The Balaban J connectivity index is 1.08. The fourth-order valence-electron chi connectivity index (χ4n) is 10.4. The van der Waals surface area contributed by atoms with Crippen molar-refractivity contribution in [1.82, 2.24) is 0 Å². The highest BCUT2D eigenvalue weighted by molar-refractivity contribution is 5.01. The lowest BCUT2D eigenvalue weighted by atomic mass is 9.95. The van der Waals surface area contributed by atoms with Crippen LogP contribution >= 0.6 is 0 Å². The van der Waals surface area contributed by atoms with Gasteiger partial charge >= 0.3 is 0 Å². The Kier molecular flexibility index (Phi) is 20.8. The summed E-state index contributed by atoms with van der Waals surface area (Å²) in [6.45, 7) is -7.33. The van der Waals surface area contributed by atoms with Gasteiger partial charge in [-0.25, -0.2) is 0 Å². The first-order chi connectivity index (χ1) is 36.7. The molecule has 448 valence electrons. The number of aliphatic hydroxyl groups excluding tert-OH is 21. The summed E-state index contributed by atoms with van der Waals surface area (Å²) >= 11 is 0. The van der Waals surface area contributed by atoms with Crippen LogP contribution in [-0.2, 0) is 66.3 Å². The van der Waals surface area contributed by atoms with E-state index in [9.17, 15) is 107 Å². The highest BCUT2D eigenvalue weighted by Gasteiger charge is 2.59. The van der Waals surface area contributed by atoms with Crippen LogP contribution < -0.4 is 0 Å². The van der Waals surface area contributed by atoms with Crippen LogP contribution in [0.2, 0.25) is 0 Å². The van der Waals surface area contributed by atoms with Gasteiger partial charge in [0.25, 0.3) is 0 Å². The van der Waals surface area contributed by atoms with Gasteiger partial charge in [0.05, 0.1) is 46.2 Å². The van der Waals surface area contributed by atoms with Crippen molar-refractivity contribution in [1.29, 1.82) is 0 Å². The monoisotopic (exact) mass is 1130 g/mol. The molecule has 21 saturated heterocycles. The lowest BCUT2D eigenvalue weighted by Gasteiger charge is -2.50. The van der Waals surface area contributed by atoms with Crippen molar-refractivity contribution < 1.29 is 174 Å². The van der Waals surface area contributed by atoms with Crippen LogP contribution in [0.5, 0.6) is 0 Å². The van der Waals surface area contributed by atoms with Crippen molar-refractivity contribution in [3.8, 4) is 0 Å². The number of hydrogen-bond donors (Lipinski definition) is 21. The average molecular weight is 1130 g/mol. The third kappa shape index (κ3) is 12.1. The summed E-state index contributed by atoms with van der Waals surface area (Å²) in [5.74, 6) is 0. The van der Waals surface area contributed by atoms with Gasteiger partial charge in [0.15, 0.2) is 44.0 Å². The summed E-state index contributed by atoms with van der Waals surface area (Å²) in [6, 6.07) is 0. The summed E-state index contributed by atoms with van der Waals surface area (Å²) in [6.07, 6.45) is -70.2. The van der Waals surface area contributed by atoms with Crippen LogP contribution in [0.3, 0.4) is 0 Å². The van der Waals surface area contributed by atoms with Crippen molar-refractivity contribution in [2.24, 2.45) is 0 Å². The van der Waals surface area contributed by atoms with Crippen LogP contribution in [0, 0.1) is 0 Å². The molecule has 21 aliphatic heterocycles. The molecule has 21 fully saturated rings. The van der Waals surface area contributed by atoms with Crippen LogP contribution in [0.25, 0.3) is 0 Å². The van der Waals surface area contributed by atoms with E-state index in [1.807, 2.05) is 0 Å². The summed E-state index contributed by atoms with van der Waals surface area (Å²) in [4.78, 5) is 0. The van der Waals surface area contributed by atoms with Gasteiger partial charge in [0.2, 0.25) is 0 Å². The van der Waals surface area contributed by atoms with E-state index in [1.54, 1.807) is 0 Å². The molecule has 0 radical (unpaired) electrons. The number of aliphatic hydroxyl groups is 21. The smallest absolute Gasteiger partial charge is 0.187 e. The highest BCUT2D eigenvalue weighted by Crippen LogP contribution is 2.39. The van der Waals surface area contributed by atoms with Gasteiger partial charge in [0, 0.05) is 0 Å². The zero-order valence-corrected chi connectivity index (χ0v) is 40.3. The largest absolute Gasteiger partial charge is 0.394 e. The highest BCUT2D eigenvalue weighted by atomic mass is 16.8. The Labute approximate surface area is 434 Å². The molecule has 77 heavy (non-hydrogen) atoms. The summed E-state index contributed by atoms with van der Waals surface area (Å²) in [7, 11) is 0. The second-order valence-electron chi connectivity index (χ2n) is 19.7. The minimum Gasteiger partial charge on any atom is -0.394 e. The van der Waals surface area contributed by atoms with E-state index >= 15 is 0 Å². The van der Waals surface area contributed by atoms with E-state index in [0.29, 0.717) is 0 Å². The molecule has 35 heteroatoms. The third-order valence-electron chi connectivity index (χ3n) is 14.8. The molecule has 21 N–H and O–H groups in total. The molecular weight excluding hydrogens is 1060 g/mol. The molecule has 0 saturated carbocycles. The Morgan fingerprint density at radius 3 is 0.351 bits per heavy atom. The lowest BCUT2D eigenvalue weighted by molar-refractivity contribution is -0.396. The van der Waals surface area contributed by atoms with Crippen LogP contribution in [0.1, 0.15) is 0 Å². The second kappa shape index (κ2) is 26.0. The van der Waals surface area contributed by atoms with Gasteiger partial charge in [-0.05, 0) is 0 Å². The third-order valence-corrected chi connectivity index (χ3v) is 14.8. The van der Waals surface area contributed by atoms with Gasteiger partial charge in [-0.1, -0.05) is 0 Å². The molecule has 35 atom stereocenters. The topological polar surface area (TPSA) is 554 Å². The molecule has 0 aromatic carbocycles. The normalized spacial score (nSPS) is 55.4. The Bertz CT molecular complexity index is 1470. The molecule has 14 bridgehead atoms. The summed E-state index contributed by atoms with van der Waals surface area (Å²) in [5, 5.41) is 230. The van der Waals surface area contributed by atoms with Crippen LogP contribution in [-0.4, -0.2) is 368 Å². The molecule has 21 rings (SSSR count). The van der Waals surface area contributed by atoms with Crippen molar-refractivity contribution >= 4 is 0 Å². The van der Waals surface area contributed by atoms with Gasteiger partial charge < -0.3 is 174 Å². The maximum atomic E-state index is 11.3. The minimum atomic E-state index is -2.21. The zero-order chi connectivity index (χ0) is 56.1. The predicted octanol–water partition coefficient (Wildman–Crippen LogP) is -15.2. The van der Waals surface area contributed by atoms with Gasteiger partial charge in [-0.3, -0.25) is 0 Å². The van der Waals surface area contributed by atoms with Gasteiger partial charge in [-0.2, -0.15) is 0 Å². The lowest BCUT2D eigenvalue weighted by Crippen LogP contribution is -2.68. The number of ether oxygens (including phenoxy) is 14. The standard InChI is InChI=1S/C42H70O35/c43-1-8-29-15(50)22(57)36(64-8)72-30-9(2-44)66-38(24(59)17(30)52)74-32-11(4-46)68-40(26(61)19(32)54)76-34-13(6-48)70-42(28(63)21(34)56)77-35-14(7-49)69-41(27(62)20(35)55)75-33-12(5-47)67-39(25(60)18(33)53)73-31-10(3-45)65-37(71-29)23(58)16(31)51/h8-63H,1-7H2/t8-,9-,10-,11-,12-,13-,14-,15-,16-,17-,18-,19-,20-,21-,22-,23-,24-,25-,26-,27-,28-,29-,30-,31?,32?,33-,34?,35?,36?,37?,38?,39?,40?,41?,42?/m1/s1. The summed E-state index contributed by atoms with van der Waals surface area (Å²) < 4.78 is 79.5. The van der Waals surface area contributed by atoms with Crippen LogP contribution in [0.15, 0.2) is 0 Å². The first-order valence-corrected chi connectivity index (χ1v) is 24.6. The molecule has 0 aromatic heterocycles. The maximum absolute atomic E-state index is 11.3. The minimum absolute atomic E-state index is 1.05. The first-order valence-electron chi connectivity index (χ1n) is 24.6. The van der Waals surface area contributed by atoms with Gasteiger partial charge in [-0.15, -0.1) is 0 Å². The van der Waals surface area contributed by atoms with E-state index in [4.69, 9.17) is 66.3 Å². The van der Waals surface area contributed by atoms with E-state index in [0.717, 1.165) is 0 Å². The number of rotatable bonds is 7. The molecule has 0 spiro atoms. The predicted molar refractivity (Wildman–Crippen MR) is 228 cm³/mol. The summed E-state index contributed by atoms with van der Waals surface area (Å²) in [5.41, 5.74) is 0. The van der Waals surface area contributed by atoms with E-state index in [-0.39, 0.29) is 0 Å². The molecule has 0 amide bonds. The quantitative estimate of drug-likeness (QED) is 0.113. The van der Waals surface area contributed by atoms with E-state index in [2.05, 4.69) is 0 Å². The molecule has 11 unspecified atom stereocenters. The average Bonchev–Trinajstić information content (AvgIpc) is 3.47. The fourth-order valence-corrected chi connectivity index (χ4v) is 10.4. The zero-order valence-electron chi connectivity index (χ0n) is 40.3. The Morgan fingerprint density at radius 2 is 0.260 bits per heavy atom. The SMILES string of the molecule is OC[C@H]1OC2OC3[C@@H](CO)OC(OC4[C@@H](CO)OC(O[C@H]5[C@H](O)[C@@H](O)C(OC6[C@@H](CO)OC(O[C@H]7[C@H](O)[C@@H](O)C(O[C@H]8[C@H](O)[C@@H](O)C(OC1[C@H](O)[C@H]2O)O[C@@H]8CO)O[C@@H]7CO)[C@H](O)[C@H]6O)O[C@@H]5CO)[C@H](O)[C@H]4O)[C@H](O)[C@H]3O. The molecule has 0 aliphatic carbocycles. The Morgan fingerprint density at radius 1 is 0.156 bits per heavy atom. The van der Waals surface area contributed by atoms with Crippen LogP contribution in [0.4, 0.5) is 0 Å². The van der Waals surface area contributed by atoms with Crippen molar-refractivity contribution in [3.05, 3.63) is 0 Å². The number of hydrogen-bond acceptors (Lipinski definition) is 35.